The van der Waals surface area contributed by atoms with Crippen molar-refractivity contribution in [2.45, 2.75) is 0 Å². The van der Waals surface area contributed by atoms with Gasteiger partial charge in [0.25, 0.3) is 0 Å². The number of carbonyl (C=O) groups excluding carboxylic acids is 1. The van der Waals surface area contributed by atoms with Gasteiger partial charge in [0.15, 0.2) is 5.78 Å². The van der Waals surface area contributed by atoms with Crippen molar-refractivity contribution >= 4 is 44.2 Å². The van der Waals surface area contributed by atoms with E-state index in [4.69, 9.17) is 11.6 Å². The molecule has 0 amide bonds. The first-order valence-electron chi connectivity index (χ1n) is 5.82. The molecule has 0 radical (unpaired) electrons. The zero-order chi connectivity index (χ0) is 14.3. The first-order valence-corrected chi connectivity index (χ1v) is 7.00. The highest BCUT2D eigenvalue weighted by Gasteiger charge is 2.17. The summed E-state index contributed by atoms with van der Waals surface area (Å²) in [6.45, 7) is 0. The van der Waals surface area contributed by atoms with Crippen LogP contribution in [0.5, 0.6) is 0 Å². The Morgan fingerprint density at radius 1 is 1.15 bits per heavy atom. The number of fused-ring (bicyclic) bond motifs is 1. The number of hydrogen-bond donors (Lipinski definition) is 1. The van der Waals surface area contributed by atoms with E-state index in [9.17, 15) is 9.18 Å². The molecule has 5 heteroatoms. The molecule has 0 saturated carbocycles. The first kappa shape index (κ1) is 13.3. The van der Waals surface area contributed by atoms with Crippen LogP contribution < -0.4 is 0 Å². The molecule has 0 aliphatic heterocycles. The van der Waals surface area contributed by atoms with Crippen LogP contribution in [-0.2, 0) is 0 Å². The lowest BCUT2D eigenvalue weighted by molar-refractivity contribution is 0.103. The van der Waals surface area contributed by atoms with Crippen LogP contribution in [0.15, 0.2) is 47.1 Å². The van der Waals surface area contributed by atoms with Gasteiger partial charge in [0.1, 0.15) is 5.82 Å². The van der Waals surface area contributed by atoms with E-state index < -0.39 is 0 Å². The summed E-state index contributed by atoms with van der Waals surface area (Å²) in [5.74, 6) is -0.488. The van der Waals surface area contributed by atoms with E-state index in [1.807, 2.05) is 0 Å². The fourth-order valence-corrected chi connectivity index (χ4v) is 2.97. The zero-order valence-corrected chi connectivity index (χ0v) is 12.4. The normalized spacial score (nSPS) is 10.9. The summed E-state index contributed by atoms with van der Waals surface area (Å²) in [6, 6.07) is 9.29. The Morgan fingerprint density at radius 2 is 1.95 bits per heavy atom. The highest BCUT2D eigenvalue weighted by atomic mass is 79.9. The summed E-state index contributed by atoms with van der Waals surface area (Å²) in [5.41, 5.74) is 1.61. The molecule has 2 aromatic carbocycles. The monoisotopic (exact) mass is 351 g/mol. The second-order valence-corrected chi connectivity index (χ2v) is 5.64. The van der Waals surface area contributed by atoms with Gasteiger partial charge in [-0.3, -0.25) is 4.79 Å². The Morgan fingerprint density at radius 3 is 2.70 bits per heavy atom. The number of ketones is 1. The van der Waals surface area contributed by atoms with Gasteiger partial charge in [-0.2, -0.15) is 0 Å². The van der Waals surface area contributed by atoms with E-state index in [1.165, 1.54) is 12.1 Å². The average Bonchev–Trinajstić information content (AvgIpc) is 2.80. The summed E-state index contributed by atoms with van der Waals surface area (Å²) < 4.78 is 13.8. The molecule has 20 heavy (non-hydrogen) atoms. The topological polar surface area (TPSA) is 32.9 Å². The Hall–Kier alpha value is -1.65. The lowest BCUT2D eigenvalue weighted by Crippen LogP contribution is -2.01. The predicted octanol–water partition coefficient (Wildman–Crippen LogP) is 4.95. The highest BCUT2D eigenvalue weighted by Crippen LogP contribution is 2.27. The van der Waals surface area contributed by atoms with Crippen LogP contribution in [0.25, 0.3) is 10.9 Å². The number of benzene rings is 2. The van der Waals surface area contributed by atoms with Gasteiger partial charge in [0.2, 0.25) is 0 Å². The third-order valence-electron chi connectivity index (χ3n) is 3.06. The summed E-state index contributed by atoms with van der Waals surface area (Å²) in [4.78, 5) is 15.5. The molecule has 0 unspecified atom stereocenters. The van der Waals surface area contributed by atoms with Gasteiger partial charge in [0.05, 0.1) is 0 Å². The molecule has 0 spiro atoms. The number of hydrogen-bond acceptors (Lipinski definition) is 1. The minimum Gasteiger partial charge on any atom is -0.360 e. The van der Waals surface area contributed by atoms with Gasteiger partial charge in [-0.1, -0.05) is 11.6 Å². The molecule has 3 rings (SSSR count). The van der Waals surface area contributed by atoms with Crippen LogP contribution >= 0.6 is 27.5 Å². The number of aromatic nitrogens is 1. The molecule has 1 aromatic heterocycles. The van der Waals surface area contributed by atoms with E-state index in [2.05, 4.69) is 20.9 Å². The van der Waals surface area contributed by atoms with Crippen LogP contribution in [0.2, 0.25) is 5.02 Å². The standard InChI is InChI=1S/C15H8BrClFNO/c16-13-5-8(17)1-3-11(13)15(20)12-7-19-14-6-9(18)2-4-10(12)14/h1-7,19H. The number of nitrogens with one attached hydrogen (secondary N) is 1. The number of H-pyrrole nitrogens is 1. The Labute approximate surface area is 127 Å². The minimum atomic E-state index is -0.342. The molecule has 1 heterocycles. The van der Waals surface area contributed by atoms with E-state index >= 15 is 0 Å². The van der Waals surface area contributed by atoms with Gasteiger partial charge in [-0.25, -0.2) is 4.39 Å². The number of rotatable bonds is 2. The highest BCUT2D eigenvalue weighted by molar-refractivity contribution is 9.10. The van der Waals surface area contributed by atoms with Crippen molar-refractivity contribution in [3.63, 3.8) is 0 Å². The molecule has 0 bridgehead atoms. The molecule has 0 aliphatic rings. The molecule has 0 atom stereocenters. The third-order valence-corrected chi connectivity index (χ3v) is 3.96. The summed E-state index contributed by atoms with van der Waals surface area (Å²) >= 11 is 9.20. The average molecular weight is 353 g/mol. The quantitative estimate of drug-likeness (QED) is 0.650. The van der Waals surface area contributed by atoms with Crippen molar-refractivity contribution < 1.29 is 9.18 Å². The molecule has 2 nitrogen and oxygen atoms in total. The van der Waals surface area contributed by atoms with Gasteiger partial charge in [0, 0.05) is 37.7 Å². The number of carbonyl (C=O) groups is 1. The molecular weight excluding hydrogens is 345 g/mol. The van der Waals surface area contributed by atoms with E-state index in [-0.39, 0.29) is 11.6 Å². The maximum atomic E-state index is 13.2. The SMILES string of the molecule is O=C(c1ccc(Cl)cc1Br)c1c[nH]c2cc(F)ccc12. The van der Waals surface area contributed by atoms with Gasteiger partial charge in [-0.05, 0) is 52.3 Å². The maximum absolute atomic E-state index is 13.2. The lowest BCUT2D eigenvalue weighted by atomic mass is 10.0. The summed E-state index contributed by atoms with van der Waals surface area (Å²) in [5, 5.41) is 1.24. The molecule has 3 aromatic rings. The molecule has 0 saturated heterocycles. The number of aromatic amines is 1. The van der Waals surface area contributed by atoms with Crippen LogP contribution in [0.1, 0.15) is 15.9 Å². The van der Waals surface area contributed by atoms with Crippen molar-refractivity contribution in [1.82, 2.24) is 4.98 Å². The molecule has 0 aliphatic carbocycles. The lowest BCUT2D eigenvalue weighted by Gasteiger charge is -2.03. The van der Waals surface area contributed by atoms with Crippen LogP contribution in [0.3, 0.4) is 0 Å². The molecule has 100 valence electrons. The summed E-state index contributed by atoms with van der Waals surface area (Å²) in [7, 11) is 0. The van der Waals surface area contributed by atoms with E-state index in [1.54, 1.807) is 30.5 Å². The Kier molecular flexibility index (Phi) is 3.36. The third kappa shape index (κ3) is 2.25. The largest absolute Gasteiger partial charge is 0.360 e. The molecule has 0 fully saturated rings. The smallest absolute Gasteiger partial charge is 0.196 e. The summed E-state index contributed by atoms with van der Waals surface area (Å²) in [6.07, 6.45) is 1.59. The van der Waals surface area contributed by atoms with E-state index in [0.29, 0.717) is 31.5 Å². The van der Waals surface area contributed by atoms with Crippen LogP contribution in [-0.4, -0.2) is 10.8 Å². The van der Waals surface area contributed by atoms with Gasteiger partial charge < -0.3 is 4.98 Å². The van der Waals surface area contributed by atoms with Crippen molar-refractivity contribution in [3.8, 4) is 0 Å². The van der Waals surface area contributed by atoms with Crippen LogP contribution in [0.4, 0.5) is 4.39 Å². The second kappa shape index (κ2) is 5.04. The second-order valence-electron chi connectivity index (χ2n) is 4.35. The van der Waals surface area contributed by atoms with Gasteiger partial charge in [-0.15, -0.1) is 0 Å². The van der Waals surface area contributed by atoms with Crippen molar-refractivity contribution in [2.75, 3.05) is 0 Å². The van der Waals surface area contributed by atoms with E-state index in [0.717, 1.165) is 0 Å². The Balaban J connectivity index is 2.13. The molecule has 1 N–H and O–H groups in total. The van der Waals surface area contributed by atoms with Gasteiger partial charge >= 0.3 is 0 Å². The van der Waals surface area contributed by atoms with Crippen molar-refractivity contribution in [3.05, 3.63) is 69.0 Å². The van der Waals surface area contributed by atoms with Crippen LogP contribution in [0, 0.1) is 5.82 Å². The molecular formula is C15H8BrClFNO. The predicted molar refractivity (Wildman–Crippen MR) is 80.8 cm³/mol. The van der Waals surface area contributed by atoms with Crippen molar-refractivity contribution in [1.29, 1.82) is 0 Å². The fraction of sp³-hybridized carbons (Fsp3) is 0. The van der Waals surface area contributed by atoms with Crippen molar-refractivity contribution in [2.24, 2.45) is 0 Å². The maximum Gasteiger partial charge on any atom is 0.196 e. The fourth-order valence-electron chi connectivity index (χ4n) is 2.10. The minimum absolute atomic E-state index is 0.147. The Bertz CT molecular complexity index is 828. The first-order chi connectivity index (χ1) is 9.56. The number of halogens is 3. The zero-order valence-electron chi connectivity index (χ0n) is 10.1.